The minimum atomic E-state index is -0.927. The van der Waals surface area contributed by atoms with Crippen LogP contribution in [0.5, 0.6) is 0 Å². The van der Waals surface area contributed by atoms with E-state index in [0.29, 0.717) is 6.42 Å². The van der Waals surface area contributed by atoms with E-state index in [1.165, 1.54) is 5.56 Å². The van der Waals surface area contributed by atoms with Gasteiger partial charge in [-0.1, -0.05) is 30.3 Å². The van der Waals surface area contributed by atoms with Gasteiger partial charge < -0.3 is 21.1 Å². The Balaban J connectivity index is 2.42. The van der Waals surface area contributed by atoms with Gasteiger partial charge in [0.05, 0.1) is 0 Å². The number of likely N-dealkylation sites (N-methyl/N-ethyl adjacent to an activating group) is 1. The zero-order valence-electron chi connectivity index (χ0n) is 16.5. The smallest absolute Gasteiger partial charge is 0.322 e. The van der Waals surface area contributed by atoms with E-state index in [0.717, 1.165) is 29.9 Å². The van der Waals surface area contributed by atoms with E-state index < -0.39 is 5.97 Å². The van der Waals surface area contributed by atoms with Gasteiger partial charge >= 0.3 is 5.97 Å². The Hall–Kier alpha value is -3.02. The van der Waals surface area contributed by atoms with Crippen LogP contribution in [0.3, 0.4) is 0 Å². The summed E-state index contributed by atoms with van der Waals surface area (Å²) in [6, 6.07) is 10.2. The molecule has 1 aromatic carbocycles. The molecule has 28 heavy (non-hydrogen) atoms. The van der Waals surface area contributed by atoms with Crippen molar-refractivity contribution in [2.75, 3.05) is 13.1 Å². The van der Waals surface area contributed by atoms with Gasteiger partial charge in [-0.2, -0.15) is 0 Å². The molecule has 1 heterocycles. The van der Waals surface area contributed by atoms with E-state index in [1.807, 2.05) is 43.5 Å². The topological polar surface area (TPSA) is 95.7 Å². The number of nitrogens with one attached hydrogen (secondary N) is 1. The molecule has 1 aliphatic heterocycles. The Bertz CT molecular complexity index is 781. The summed E-state index contributed by atoms with van der Waals surface area (Å²) in [7, 11) is 0. The van der Waals surface area contributed by atoms with Gasteiger partial charge in [-0.3, -0.25) is 9.59 Å². The molecule has 1 unspecified atom stereocenters. The maximum Gasteiger partial charge on any atom is 0.322 e. The third-order valence-corrected chi connectivity index (χ3v) is 4.91. The van der Waals surface area contributed by atoms with Crippen molar-refractivity contribution in [1.82, 2.24) is 10.2 Å². The Labute approximate surface area is 166 Å². The Morgan fingerprint density at radius 1 is 1.29 bits per heavy atom. The van der Waals surface area contributed by atoms with Crippen molar-refractivity contribution in [3.8, 4) is 0 Å². The lowest BCUT2D eigenvalue weighted by atomic mass is 9.88. The summed E-state index contributed by atoms with van der Waals surface area (Å²) < 4.78 is 0. The van der Waals surface area contributed by atoms with Gasteiger partial charge in [0.1, 0.15) is 6.54 Å². The molecule has 0 radical (unpaired) electrons. The van der Waals surface area contributed by atoms with Crippen LogP contribution in [-0.2, 0) is 16.0 Å². The number of amides is 1. The minimum Gasteiger partial charge on any atom is -0.480 e. The Morgan fingerprint density at radius 3 is 2.61 bits per heavy atom. The lowest BCUT2D eigenvalue weighted by Gasteiger charge is -2.28. The van der Waals surface area contributed by atoms with Gasteiger partial charge in [-0.15, -0.1) is 0 Å². The van der Waals surface area contributed by atoms with Crippen LogP contribution in [0.25, 0.3) is 0 Å². The number of carbonyl (C=O) groups is 2. The van der Waals surface area contributed by atoms with Crippen molar-refractivity contribution in [2.24, 2.45) is 11.7 Å². The van der Waals surface area contributed by atoms with E-state index in [9.17, 15) is 9.59 Å². The van der Waals surface area contributed by atoms with E-state index >= 15 is 0 Å². The molecular weight excluding hydrogens is 354 g/mol. The largest absolute Gasteiger partial charge is 0.480 e. The molecule has 0 saturated carbocycles. The van der Waals surface area contributed by atoms with Gasteiger partial charge in [0.25, 0.3) is 0 Å². The number of nitrogens with two attached hydrogens (primary N) is 1. The molecule has 1 atom stereocenters. The maximum absolute atomic E-state index is 11.7. The average molecular weight is 383 g/mol. The summed E-state index contributed by atoms with van der Waals surface area (Å²) in [5.74, 6) is -1.39. The van der Waals surface area contributed by atoms with Crippen LogP contribution < -0.4 is 11.1 Å². The monoisotopic (exact) mass is 383 g/mol. The van der Waals surface area contributed by atoms with Gasteiger partial charge in [-0.25, -0.2) is 0 Å². The van der Waals surface area contributed by atoms with Crippen LogP contribution in [0.1, 0.15) is 32.3 Å². The lowest BCUT2D eigenvalue weighted by Crippen LogP contribution is -2.26. The third kappa shape index (κ3) is 6.30. The van der Waals surface area contributed by atoms with Crippen molar-refractivity contribution < 1.29 is 14.7 Å². The molecule has 1 aliphatic rings. The molecule has 0 fully saturated rings. The van der Waals surface area contributed by atoms with E-state index in [2.05, 4.69) is 29.3 Å². The molecule has 6 heteroatoms. The van der Waals surface area contributed by atoms with Crippen LogP contribution in [0, 0.1) is 5.92 Å². The first-order chi connectivity index (χ1) is 13.4. The van der Waals surface area contributed by atoms with Crippen molar-refractivity contribution in [1.29, 1.82) is 0 Å². The summed E-state index contributed by atoms with van der Waals surface area (Å²) in [5.41, 5.74) is 9.73. The molecule has 1 amide bonds. The molecule has 150 valence electrons. The number of carboxylic acid groups (broad SMARTS) is 1. The highest BCUT2D eigenvalue weighted by molar-refractivity contribution is 5.74. The van der Waals surface area contributed by atoms with Crippen LogP contribution in [0.2, 0.25) is 0 Å². The molecule has 2 rings (SSSR count). The number of carbonyl (C=O) groups excluding carboxylic acids is 1. The summed E-state index contributed by atoms with van der Waals surface area (Å²) in [6.07, 6.45) is 7.28. The van der Waals surface area contributed by atoms with E-state index in [4.69, 9.17) is 10.8 Å². The van der Waals surface area contributed by atoms with E-state index in [1.54, 1.807) is 0 Å². The number of benzene rings is 1. The number of hydrogen-bond donors (Lipinski definition) is 3. The summed E-state index contributed by atoms with van der Waals surface area (Å²) in [4.78, 5) is 24.8. The van der Waals surface area contributed by atoms with Crippen molar-refractivity contribution in [3.05, 3.63) is 71.2 Å². The highest BCUT2D eigenvalue weighted by Crippen LogP contribution is 2.29. The van der Waals surface area contributed by atoms with Crippen LogP contribution in [0.15, 0.2) is 65.7 Å². The van der Waals surface area contributed by atoms with E-state index in [-0.39, 0.29) is 24.8 Å². The zero-order valence-corrected chi connectivity index (χ0v) is 16.5. The summed E-state index contributed by atoms with van der Waals surface area (Å²) in [5, 5.41) is 11.9. The first-order valence-corrected chi connectivity index (χ1v) is 9.52. The molecule has 0 spiro atoms. The fraction of sp³-hybridized carbons (Fsp3) is 0.364. The SMILES string of the molecule is CCN1/C=C\C=C(\NCC(=O)O)CC(CC(N)=O)/C(C)=C\1Cc1ccccc1. The number of allylic oxidation sites excluding steroid dienone is 5. The van der Waals surface area contributed by atoms with Crippen LogP contribution >= 0.6 is 0 Å². The zero-order chi connectivity index (χ0) is 20.5. The normalized spacial score (nSPS) is 23.0. The molecule has 4 N–H and O–H groups in total. The van der Waals surface area contributed by atoms with Gasteiger partial charge in [-0.05, 0) is 49.5 Å². The number of hydrogen-bond acceptors (Lipinski definition) is 4. The average Bonchev–Trinajstić information content (AvgIpc) is 2.71. The molecule has 6 nitrogen and oxygen atoms in total. The van der Waals surface area contributed by atoms with Gasteiger partial charge in [0.2, 0.25) is 5.91 Å². The van der Waals surface area contributed by atoms with Crippen molar-refractivity contribution in [2.45, 2.75) is 33.1 Å². The highest BCUT2D eigenvalue weighted by atomic mass is 16.4. The van der Waals surface area contributed by atoms with Crippen LogP contribution in [0.4, 0.5) is 0 Å². The second-order valence-electron chi connectivity index (χ2n) is 6.93. The molecule has 0 saturated heterocycles. The fourth-order valence-corrected chi connectivity index (χ4v) is 3.42. The Morgan fingerprint density at radius 2 is 2.00 bits per heavy atom. The quantitative estimate of drug-likeness (QED) is 0.642. The van der Waals surface area contributed by atoms with Gasteiger partial charge in [0, 0.05) is 37.0 Å². The summed E-state index contributed by atoms with van der Waals surface area (Å²) in [6.45, 7) is 4.74. The predicted molar refractivity (Wildman–Crippen MR) is 110 cm³/mol. The molecular formula is C22H29N3O3. The highest BCUT2D eigenvalue weighted by Gasteiger charge is 2.22. The molecule has 0 bridgehead atoms. The maximum atomic E-state index is 11.7. The first-order valence-electron chi connectivity index (χ1n) is 9.52. The number of aliphatic carboxylic acids is 1. The third-order valence-electron chi connectivity index (χ3n) is 4.91. The second kappa shape index (κ2) is 10.3. The molecule has 0 aromatic heterocycles. The lowest BCUT2D eigenvalue weighted by molar-refractivity contribution is -0.135. The molecule has 0 aliphatic carbocycles. The Kier molecular flexibility index (Phi) is 7.87. The van der Waals surface area contributed by atoms with Crippen LogP contribution in [-0.4, -0.2) is 35.0 Å². The molecule has 1 aromatic rings. The standard InChI is InChI=1S/C22H29N3O3/c1-3-25-11-7-10-19(24-15-22(27)28)13-18(14-21(23)26)16(2)20(25)12-17-8-5-4-6-9-17/h4-11,18,24H,3,12-15H2,1-2H3,(H2,23,26)(H,27,28)/b11-7-,19-10+,20-16-. The number of primary amides is 1. The second-order valence-corrected chi connectivity index (χ2v) is 6.93. The first kappa shape index (κ1) is 21.3. The van der Waals surface area contributed by atoms with Crippen molar-refractivity contribution >= 4 is 11.9 Å². The number of nitrogens with zero attached hydrogens (tertiary/aromatic N) is 1. The number of carboxylic acids is 1. The minimum absolute atomic E-state index is 0.0993. The summed E-state index contributed by atoms with van der Waals surface area (Å²) >= 11 is 0. The predicted octanol–water partition coefficient (Wildman–Crippen LogP) is 2.79. The fourth-order valence-electron chi connectivity index (χ4n) is 3.42. The van der Waals surface area contributed by atoms with Crippen molar-refractivity contribution in [3.63, 3.8) is 0 Å². The number of rotatable bonds is 8. The van der Waals surface area contributed by atoms with Gasteiger partial charge in [0.15, 0.2) is 0 Å².